The summed E-state index contributed by atoms with van der Waals surface area (Å²) in [5.41, 5.74) is 1.49. The molecule has 4 aromatic rings. The SMILES string of the molecule is Clc1cc(NCc2cc(-c3ccco3)on2)nc2[nH]ccc12. The van der Waals surface area contributed by atoms with Crippen molar-refractivity contribution in [3.8, 4) is 11.5 Å². The van der Waals surface area contributed by atoms with Crippen LogP contribution in [0, 0.1) is 0 Å². The van der Waals surface area contributed by atoms with Gasteiger partial charge in [-0.3, -0.25) is 0 Å². The average Bonchev–Trinajstić information content (AvgIpc) is 3.25. The normalized spacial score (nSPS) is 11.1. The van der Waals surface area contributed by atoms with Crippen LogP contribution in [0.1, 0.15) is 5.69 Å². The van der Waals surface area contributed by atoms with E-state index in [1.807, 2.05) is 18.2 Å². The zero-order chi connectivity index (χ0) is 14.9. The van der Waals surface area contributed by atoms with Crippen LogP contribution in [0.2, 0.25) is 5.02 Å². The van der Waals surface area contributed by atoms with E-state index >= 15 is 0 Å². The Kier molecular flexibility index (Phi) is 3.08. The van der Waals surface area contributed by atoms with Crippen LogP contribution in [0.3, 0.4) is 0 Å². The van der Waals surface area contributed by atoms with Crippen molar-refractivity contribution in [2.75, 3.05) is 5.32 Å². The second kappa shape index (κ2) is 5.23. The average molecular weight is 315 g/mol. The first kappa shape index (κ1) is 13.0. The minimum absolute atomic E-state index is 0.472. The fraction of sp³-hybridized carbons (Fsp3) is 0.0667. The maximum atomic E-state index is 6.21. The third-order valence-electron chi connectivity index (χ3n) is 3.25. The van der Waals surface area contributed by atoms with E-state index in [0.29, 0.717) is 28.9 Å². The van der Waals surface area contributed by atoms with Crippen molar-refractivity contribution in [1.82, 2.24) is 15.1 Å². The van der Waals surface area contributed by atoms with Gasteiger partial charge in [0, 0.05) is 17.6 Å². The number of halogens is 1. The number of H-pyrrole nitrogens is 1. The highest BCUT2D eigenvalue weighted by molar-refractivity contribution is 6.35. The van der Waals surface area contributed by atoms with E-state index in [1.165, 1.54) is 0 Å². The molecular formula is C15H11ClN4O2. The summed E-state index contributed by atoms with van der Waals surface area (Å²) in [5.74, 6) is 1.91. The predicted molar refractivity (Wildman–Crippen MR) is 82.6 cm³/mol. The van der Waals surface area contributed by atoms with Gasteiger partial charge in [-0.15, -0.1) is 0 Å². The highest BCUT2D eigenvalue weighted by atomic mass is 35.5. The molecule has 7 heteroatoms. The number of aromatic amines is 1. The molecule has 6 nitrogen and oxygen atoms in total. The second-order valence-electron chi connectivity index (χ2n) is 4.74. The number of anilines is 1. The first-order chi connectivity index (χ1) is 10.8. The number of nitrogens with zero attached hydrogens (tertiary/aromatic N) is 2. The summed E-state index contributed by atoms with van der Waals surface area (Å²) in [6.45, 7) is 0.472. The van der Waals surface area contributed by atoms with Crippen molar-refractivity contribution in [1.29, 1.82) is 0 Å². The molecule has 0 aliphatic heterocycles. The Morgan fingerprint density at radius 3 is 3.05 bits per heavy atom. The molecule has 0 aliphatic carbocycles. The van der Waals surface area contributed by atoms with Crippen LogP contribution >= 0.6 is 11.6 Å². The first-order valence-corrected chi connectivity index (χ1v) is 7.04. The van der Waals surface area contributed by atoms with E-state index in [2.05, 4.69) is 20.4 Å². The van der Waals surface area contributed by atoms with Gasteiger partial charge in [0.25, 0.3) is 0 Å². The molecule has 0 saturated heterocycles. The molecule has 0 unspecified atom stereocenters. The lowest BCUT2D eigenvalue weighted by atomic mass is 10.3. The number of hydrogen-bond acceptors (Lipinski definition) is 5. The molecule has 0 spiro atoms. The smallest absolute Gasteiger partial charge is 0.202 e. The summed E-state index contributed by atoms with van der Waals surface area (Å²) in [7, 11) is 0. The summed E-state index contributed by atoms with van der Waals surface area (Å²) in [4.78, 5) is 7.48. The fourth-order valence-electron chi connectivity index (χ4n) is 2.20. The second-order valence-corrected chi connectivity index (χ2v) is 5.15. The highest BCUT2D eigenvalue weighted by Gasteiger charge is 2.10. The van der Waals surface area contributed by atoms with E-state index in [4.69, 9.17) is 20.5 Å². The van der Waals surface area contributed by atoms with Gasteiger partial charge in [-0.25, -0.2) is 4.98 Å². The minimum Gasteiger partial charge on any atom is -0.461 e. The molecule has 0 fully saturated rings. The van der Waals surface area contributed by atoms with Crippen molar-refractivity contribution in [2.45, 2.75) is 6.54 Å². The van der Waals surface area contributed by atoms with Crippen LogP contribution in [-0.2, 0) is 6.54 Å². The van der Waals surface area contributed by atoms with Crippen LogP contribution in [0.5, 0.6) is 0 Å². The molecule has 0 aromatic carbocycles. The van der Waals surface area contributed by atoms with Crippen molar-refractivity contribution >= 4 is 28.5 Å². The summed E-state index contributed by atoms with van der Waals surface area (Å²) in [6, 6.07) is 9.11. The lowest BCUT2D eigenvalue weighted by Crippen LogP contribution is -2.01. The van der Waals surface area contributed by atoms with Crippen molar-refractivity contribution in [3.63, 3.8) is 0 Å². The Balaban J connectivity index is 1.52. The van der Waals surface area contributed by atoms with Crippen LogP contribution in [-0.4, -0.2) is 15.1 Å². The van der Waals surface area contributed by atoms with Crippen molar-refractivity contribution < 1.29 is 8.94 Å². The number of hydrogen-bond donors (Lipinski definition) is 2. The van der Waals surface area contributed by atoms with E-state index in [9.17, 15) is 0 Å². The third-order valence-corrected chi connectivity index (χ3v) is 3.56. The van der Waals surface area contributed by atoms with E-state index in [-0.39, 0.29) is 0 Å². The first-order valence-electron chi connectivity index (χ1n) is 6.66. The monoisotopic (exact) mass is 314 g/mol. The molecule has 0 atom stereocenters. The molecule has 0 saturated carbocycles. The summed E-state index contributed by atoms with van der Waals surface area (Å²) in [6.07, 6.45) is 3.40. The summed E-state index contributed by atoms with van der Waals surface area (Å²) < 4.78 is 10.5. The molecule has 0 amide bonds. The standard InChI is InChI=1S/C15H11ClN4O2/c16-11-7-14(19-15-10(11)3-4-17-15)18-8-9-6-13(22-20-9)12-2-1-5-21-12/h1-7H,8H2,(H2,17,18,19). The zero-order valence-electron chi connectivity index (χ0n) is 11.3. The number of aromatic nitrogens is 3. The Morgan fingerprint density at radius 1 is 1.23 bits per heavy atom. The maximum Gasteiger partial charge on any atom is 0.202 e. The Hall–Kier alpha value is -2.73. The molecule has 2 N–H and O–H groups in total. The molecule has 4 aromatic heterocycles. The van der Waals surface area contributed by atoms with Gasteiger partial charge in [-0.2, -0.15) is 0 Å². The lowest BCUT2D eigenvalue weighted by molar-refractivity contribution is 0.411. The Bertz CT molecular complexity index is 911. The van der Waals surface area contributed by atoms with Crippen LogP contribution < -0.4 is 5.32 Å². The van der Waals surface area contributed by atoms with Crippen LogP contribution in [0.15, 0.2) is 51.7 Å². The predicted octanol–water partition coefficient (Wildman–Crippen LogP) is 4.08. The molecule has 110 valence electrons. The molecule has 4 rings (SSSR count). The van der Waals surface area contributed by atoms with E-state index < -0.39 is 0 Å². The molecule has 0 aliphatic rings. The largest absolute Gasteiger partial charge is 0.461 e. The van der Waals surface area contributed by atoms with Gasteiger partial charge in [-0.05, 0) is 24.3 Å². The van der Waals surface area contributed by atoms with Gasteiger partial charge in [0.15, 0.2) is 5.76 Å². The fourth-order valence-corrected chi connectivity index (χ4v) is 2.45. The Morgan fingerprint density at radius 2 is 2.18 bits per heavy atom. The Labute approximate surface area is 130 Å². The lowest BCUT2D eigenvalue weighted by Gasteiger charge is -2.04. The molecule has 0 radical (unpaired) electrons. The number of rotatable bonds is 4. The number of pyridine rings is 1. The van der Waals surface area contributed by atoms with Gasteiger partial charge in [0.1, 0.15) is 17.2 Å². The van der Waals surface area contributed by atoms with Gasteiger partial charge in [0.2, 0.25) is 5.76 Å². The molecule has 0 bridgehead atoms. The zero-order valence-corrected chi connectivity index (χ0v) is 12.1. The van der Waals surface area contributed by atoms with Crippen LogP contribution in [0.25, 0.3) is 22.6 Å². The third kappa shape index (κ3) is 2.33. The highest BCUT2D eigenvalue weighted by Crippen LogP contribution is 2.25. The summed E-state index contributed by atoms with van der Waals surface area (Å²) >= 11 is 6.21. The van der Waals surface area contributed by atoms with Gasteiger partial charge < -0.3 is 19.2 Å². The van der Waals surface area contributed by atoms with E-state index in [0.717, 1.165) is 16.7 Å². The number of fused-ring (bicyclic) bond motifs is 1. The van der Waals surface area contributed by atoms with Gasteiger partial charge >= 0.3 is 0 Å². The quantitative estimate of drug-likeness (QED) is 0.593. The van der Waals surface area contributed by atoms with Crippen molar-refractivity contribution in [2.24, 2.45) is 0 Å². The number of furan rings is 1. The molecule has 22 heavy (non-hydrogen) atoms. The maximum absolute atomic E-state index is 6.21. The van der Waals surface area contributed by atoms with E-state index in [1.54, 1.807) is 24.6 Å². The number of nitrogens with one attached hydrogen (secondary N) is 2. The minimum atomic E-state index is 0.472. The molecular weight excluding hydrogens is 304 g/mol. The summed E-state index contributed by atoms with van der Waals surface area (Å²) in [5, 5.41) is 8.71. The van der Waals surface area contributed by atoms with Gasteiger partial charge in [0.05, 0.1) is 17.8 Å². The molecule has 4 heterocycles. The van der Waals surface area contributed by atoms with Crippen LogP contribution in [0.4, 0.5) is 5.82 Å². The van der Waals surface area contributed by atoms with Crippen molar-refractivity contribution in [3.05, 3.63) is 53.5 Å². The van der Waals surface area contributed by atoms with Gasteiger partial charge in [-0.1, -0.05) is 16.8 Å². The topological polar surface area (TPSA) is 79.9 Å².